The Balaban J connectivity index is 1.51. The maximum Gasteiger partial charge on any atom is 0.168 e. The van der Waals surface area contributed by atoms with Crippen LogP contribution < -0.4 is 5.32 Å². The predicted octanol–water partition coefficient (Wildman–Crippen LogP) is 2.38. The molecule has 4 nitrogen and oxygen atoms in total. The summed E-state index contributed by atoms with van der Waals surface area (Å²) in [7, 11) is 0. The molecular weight excluding hydrogens is 264 g/mol. The highest BCUT2D eigenvalue weighted by Gasteiger charge is 2.41. The number of nitrogens with zero attached hydrogens (tertiary/aromatic N) is 1. The van der Waals surface area contributed by atoms with Crippen molar-refractivity contribution in [1.82, 2.24) is 10.2 Å². The van der Waals surface area contributed by atoms with Gasteiger partial charge in [-0.2, -0.15) is 0 Å². The van der Waals surface area contributed by atoms with E-state index in [0.29, 0.717) is 0 Å². The summed E-state index contributed by atoms with van der Waals surface area (Å²) in [5, 5.41) is 3.48. The molecule has 0 amide bonds. The first kappa shape index (κ1) is 15.7. The van der Waals surface area contributed by atoms with Crippen molar-refractivity contribution in [3.63, 3.8) is 0 Å². The first-order valence-corrected chi connectivity index (χ1v) is 9.04. The van der Waals surface area contributed by atoms with Gasteiger partial charge in [0.25, 0.3) is 0 Å². The molecule has 3 rings (SSSR count). The number of hydrogen-bond acceptors (Lipinski definition) is 4. The van der Waals surface area contributed by atoms with Gasteiger partial charge in [0.05, 0.1) is 13.2 Å². The minimum atomic E-state index is -0.205. The zero-order valence-corrected chi connectivity index (χ0v) is 13.6. The molecule has 1 aliphatic carbocycles. The van der Waals surface area contributed by atoms with Gasteiger partial charge in [0, 0.05) is 25.4 Å². The van der Waals surface area contributed by atoms with E-state index in [1.807, 2.05) is 0 Å². The Labute approximate surface area is 129 Å². The van der Waals surface area contributed by atoms with E-state index in [-0.39, 0.29) is 5.79 Å². The fourth-order valence-corrected chi connectivity index (χ4v) is 4.30. The highest BCUT2D eigenvalue weighted by atomic mass is 16.7. The number of piperidine rings is 1. The highest BCUT2D eigenvalue weighted by molar-refractivity contribution is 4.87. The summed E-state index contributed by atoms with van der Waals surface area (Å²) in [4.78, 5) is 2.78. The van der Waals surface area contributed by atoms with Gasteiger partial charge in [-0.25, -0.2) is 0 Å². The third-order valence-electron chi connectivity index (χ3n) is 5.51. The molecule has 0 radical (unpaired) electrons. The van der Waals surface area contributed by atoms with Crippen molar-refractivity contribution in [2.45, 2.75) is 63.7 Å². The van der Waals surface area contributed by atoms with Crippen LogP contribution in [0.4, 0.5) is 0 Å². The minimum Gasteiger partial charge on any atom is -0.348 e. The molecule has 0 unspecified atom stereocenters. The Bertz CT molecular complexity index is 302. The number of rotatable bonds is 5. The van der Waals surface area contributed by atoms with Gasteiger partial charge in [-0.1, -0.05) is 6.92 Å². The molecule has 2 saturated heterocycles. The molecule has 0 aromatic rings. The molecule has 122 valence electrons. The van der Waals surface area contributed by atoms with Crippen LogP contribution in [-0.4, -0.2) is 56.1 Å². The first-order valence-electron chi connectivity index (χ1n) is 9.04. The zero-order valence-electron chi connectivity index (χ0n) is 13.6. The smallest absolute Gasteiger partial charge is 0.168 e. The van der Waals surface area contributed by atoms with Crippen molar-refractivity contribution in [2.24, 2.45) is 5.92 Å². The van der Waals surface area contributed by atoms with Crippen LogP contribution in [0.3, 0.4) is 0 Å². The SMILES string of the molecule is CCCN(CC1CCNCC1)C1CCC2(CC1)OCCO2. The average molecular weight is 296 g/mol. The third kappa shape index (κ3) is 3.98. The second-order valence-electron chi connectivity index (χ2n) is 7.03. The molecule has 2 heterocycles. The Morgan fingerprint density at radius 2 is 1.71 bits per heavy atom. The van der Waals surface area contributed by atoms with Crippen molar-refractivity contribution in [3.05, 3.63) is 0 Å². The standard InChI is InChI=1S/C17H32N2O2/c1-2-11-19(14-15-5-9-18-10-6-15)16-3-7-17(8-4-16)20-12-13-21-17/h15-16,18H,2-14H2,1H3. The van der Waals surface area contributed by atoms with Crippen LogP contribution in [0.1, 0.15) is 51.9 Å². The lowest BCUT2D eigenvalue weighted by Crippen LogP contribution is -2.47. The maximum atomic E-state index is 5.87. The van der Waals surface area contributed by atoms with Crippen LogP contribution in [0.15, 0.2) is 0 Å². The summed E-state index contributed by atoms with van der Waals surface area (Å²) in [5.41, 5.74) is 0. The number of hydrogen-bond donors (Lipinski definition) is 1. The quantitative estimate of drug-likeness (QED) is 0.844. The van der Waals surface area contributed by atoms with E-state index in [1.54, 1.807) is 0 Å². The van der Waals surface area contributed by atoms with Crippen molar-refractivity contribution in [2.75, 3.05) is 39.4 Å². The monoisotopic (exact) mass is 296 g/mol. The van der Waals surface area contributed by atoms with Gasteiger partial charge >= 0.3 is 0 Å². The molecule has 0 atom stereocenters. The lowest BCUT2D eigenvalue weighted by molar-refractivity contribution is -0.184. The van der Waals surface area contributed by atoms with E-state index in [2.05, 4.69) is 17.1 Å². The van der Waals surface area contributed by atoms with E-state index >= 15 is 0 Å². The lowest BCUT2D eigenvalue weighted by atomic mass is 9.87. The van der Waals surface area contributed by atoms with E-state index in [9.17, 15) is 0 Å². The van der Waals surface area contributed by atoms with Gasteiger partial charge in [0.2, 0.25) is 0 Å². The molecule has 3 fully saturated rings. The number of ether oxygens (including phenoxy) is 2. The Hall–Kier alpha value is -0.160. The van der Waals surface area contributed by atoms with Gasteiger partial charge < -0.3 is 19.7 Å². The summed E-state index contributed by atoms with van der Waals surface area (Å²) >= 11 is 0. The molecule has 1 spiro atoms. The van der Waals surface area contributed by atoms with E-state index < -0.39 is 0 Å². The van der Waals surface area contributed by atoms with E-state index in [4.69, 9.17) is 9.47 Å². The molecule has 4 heteroatoms. The lowest BCUT2D eigenvalue weighted by Gasteiger charge is -2.42. The van der Waals surface area contributed by atoms with Crippen LogP contribution in [0, 0.1) is 5.92 Å². The van der Waals surface area contributed by atoms with Crippen molar-refractivity contribution < 1.29 is 9.47 Å². The van der Waals surface area contributed by atoms with Crippen molar-refractivity contribution in [3.8, 4) is 0 Å². The Morgan fingerprint density at radius 1 is 1.05 bits per heavy atom. The summed E-state index contributed by atoms with van der Waals surface area (Å²) in [5.74, 6) is 0.691. The van der Waals surface area contributed by atoms with Crippen molar-refractivity contribution in [1.29, 1.82) is 0 Å². The van der Waals surface area contributed by atoms with Crippen LogP contribution in [0.25, 0.3) is 0 Å². The summed E-state index contributed by atoms with van der Waals surface area (Å²) in [6.45, 7) is 8.86. The van der Waals surface area contributed by atoms with Gasteiger partial charge in [-0.3, -0.25) is 0 Å². The third-order valence-corrected chi connectivity index (χ3v) is 5.51. The Kier molecular flexibility index (Phi) is 5.54. The average Bonchev–Trinajstić information content (AvgIpc) is 2.97. The fraction of sp³-hybridized carbons (Fsp3) is 1.00. The van der Waals surface area contributed by atoms with Crippen LogP contribution in [0.5, 0.6) is 0 Å². The van der Waals surface area contributed by atoms with Crippen LogP contribution in [-0.2, 0) is 9.47 Å². The molecule has 2 aliphatic heterocycles. The van der Waals surface area contributed by atoms with Crippen LogP contribution in [0.2, 0.25) is 0 Å². The minimum absolute atomic E-state index is 0.205. The normalized spacial score (nSPS) is 27.7. The summed E-state index contributed by atoms with van der Waals surface area (Å²) in [6, 6.07) is 0.748. The molecule has 21 heavy (non-hydrogen) atoms. The van der Waals surface area contributed by atoms with Gasteiger partial charge in [0.1, 0.15) is 0 Å². The van der Waals surface area contributed by atoms with Crippen LogP contribution >= 0.6 is 0 Å². The molecule has 0 aromatic carbocycles. The Morgan fingerprint density at radius 3 is 2.33 bits per heavy atom. The summed E-state index contributed by atoms with van der Waals surface area (Å²) in [6.07, 6.45) is 8.62. The van der Waals surface area contributed by atoms with Gasteiger partial charge in [-0.15, -0.1) is 0 Å². The first-order chi connectivity index (χ1) is 10.3. The molecule has 0 bridgehead atoms. The maximum absolute atomic E-state index is 5.87. The fourth-order valence-electron chi connectivity index (χ4n) is 4.30. The van der Waals surface area contributed by atoms with E-state index in [1.165, 1.54) is 58.3 Å². The van der Waals surface area contributed by atoms with E-state index in [0.717, 1.165) is 38.0 Å². The molecule has 1 N–H and O–H groups in total. The topological polar surface area (TPSA) is 33.7 Å². The second kappa shape index (κ2) is 7.40. The van der Waals surface area contributed by atoms with Gasteiger partial charge in [0.15, 0.2) is 5.79 Å². The van der Waals surface area contributed by atoms with Gasteiger partial charge in [-0.05, 0) is 57.7 Å². The molecule has 0 aromatic heterocycles. The predicted molar refractivity (Wildman–Crippen MR) is 84.3 cm³/mol. The largest absolute Gasteiger partial charge is 0.348 e. The second-order valence-corrected chi connectivity index (χ2v) is 7.03. The number of nitrogens with one attached hydrogen (secondary N) is 1. The summed E-state index contributed by atoms with van der Waals surface area (Å²) < 4.78 is 11.7. The molecular formula is C17H32N2O2. The van der Waals surface area contributed by atoms with Crippen molar-refractivity contribution >= 4 is 0 Å². The highest BCUT2D eigenvalue weighted by Crippen LogP contribution is 2.37. The molecule has 3 aliphatic rings. The zero-order chi connectivity index (χ0) is 14.5. The molecule has 1 saturated carbocycles.